The number of hydrogen-bond acceptors (Lipinski definition) is 7. The van der Waals surface area contributed by atoms with Crippen molar-refractivity contribution in [3.05, 3.63) is 99.4 Å². The van der Waals surface area contributed by atoms with Crippen LogP contribution < -0.4 is 24.8 Å². The molecule has 200 valence electrons. The monoisotopic (exact) mass is 565 g/mol. The van der Waals surface area contributed by atoms with E-state index in [4.69, 9.17) is 37.4 Å². The smallest absolute Gasteiger partial charge is 0.255 e. The Morgan fingerprint density at radius 1 is 1.03 bits per heavy atom. The number of methoxy groups -OCH3 is 2. The predicted molar refractivity (Wildman–Crippen MR) is 150 cm³/mol. The fourth-order valence-electron chi connectivity index (χ4n) is 4.36. The minimum atomic E-state index is -0.542. The molecule has 5 rings (SSSR count). The van der Waals surface area contributed by atoms with Crippen molar-refractivity contribution >= 4 is 40.7 Å². The second-order valence-electron chi connectivity index (χ2n) is 8.67. The van der Waals surface area contributed by atoms with Gasteiger partial charge in [0.25, 0.3) is 5.91 Å². The summed E-state index contributed by atoms with van der Waals surface area (Å²) in [5, 5.41) is 11.6. The third-order valence-corrected chi connectivity index (χ3v) is 7.04. The predicted octanol–water partition coefficient (Wildman–Crippen LogP) is 6.11. The molecule has 1 aliphatic rings. The maximum atomic E-state index is 13.7. The largest absolute Gasteiger partial charge is 0.497 e. The first kappa shape index (κ1) is 26.4. The molecule has 0 fully saturated rings. The van der Waals surface area contributed by atoms with Crippen LogP contribution in [0, 0.1) is 0 Å². The van der Waals surface area contributed by atoms with Gasteiger partial charge in [-0.3, -0.25) is 4.79 Å². The number of amides is 1. The highest BCUT2D eigenvalue weighted by Gasteiger charge is 2.33. The number of nitrogens with zero attached hydrogens (tertiary/aromatic N) is 3. The molecule has 0 bridgehead atoms. The van der Waals surface area contributed by atoms with Gasteiger partial charge in [0.1, 0.15) is 36.2 Å². The van der Waals surface area contributed by atoms with E-state index in [9.17, 15) is 4.79 Å². The molecule has 11 heteroatoms. The number of nitrogens with one attached hydrogen (secondary N) is 2. The molecule has 2 heterocycles. The zero-order valence-corrected chi connectivity index (χ0v) is 22.9. The molecular formula is C28H25Cl2N5O4. The normalized spacial score (nSPS) is 14.3. The van der Waals surface area contributed by atoms with Crippen LogP contribution in [-0.2, 0) is 11.4 Å². The summed E-state index contributed by atoms with van der Waals surface area (Å²) in [6.45, 7) is 2.05. The molecule has 0 spiro atoms. The van der Waals surface area contributed by atoms with Gasteiger partial charge in [0.15, 0.2) is 0 Å². The quantitative estimate of drug-likeness (QED) is 0.266. The molecule has 1 atom stereocenters. The van der Waals surface area contributed by atoms with Crippen molar-refractivity contribution in [2.45, 2.75) is 19.6 Å². The Morgan fingerprint density at radius 2 is 1.74 bits per heavy atom. The van der Waals surface area contributed by atoms with Gasteiger partial charge in [0.2, 0.25) is 5.95 Å². The Morgan fingerprint density at radius 3 is 2.44 bits per heavy atom. The number of fused-ring (bicyclic) bond motifs is 1. The van der Waals surface area contributed by atoms with E-state index in [0.29, 0.717) is 55.8 Å². The van der Waals surface area contributed by atoms with Crippen LogP contribution >= 0.6 is 23.2 Å². The number of ether oxygens (including phenoxy) is 3. The van der Waals surface area contributed by atoms with E-state index in [2.05, 4.69) is 20.7 Å². The lowest BCUT2D eigenvalue weighted by Crippen LogP contribution is -2.31. The zero-order chi connectivity index (χ0) is 27.5. The molecule has 4 aromatic rings. The van der Waals surface area contributed by atoms with Crippen LogP contribution in [0.2, 0.25) is 10.0 Å². The number of hydrogen-bond donors (Lipinski definition) is 2. The van der Waals surface area contributed by atoms with Crippen LogP contribution in [0.15, 0.2) is 78.3 Å². The standard InChI is InChI=1S/C28H25Cl2N5O4/c1-16-25(27(36)34-23-12-11-19(37-2)13-24(23)38-3)26(35-28(33-16)31-15-32-35)17-7-9-18(10-8-17)39-14-20-21(29)5-4-6-22(20)30/h4-13,15,26H,14H2,1-3H3,(H,34,36)(H,31,32,33). The Balaban J connectivity index is 1.42. The minimum Gasteiger partial charge on any atom is -0.497 e. The Kier molecular flexibility index (Phi) is 7.63. The Hall–Kier alpha value is -4.21. The maximum absolute atomic E-state index is 13.7. The second-order valence-corrected chi connectivity index (χ2v) is 9.49. The average Bonchev–Trinajstić information content (AvgIpc) is 3.40. The van der Waals surface area contributed by atoms with Gasteiger partial charge in [0, 0.05) is 27.4 Å². The SMILES string of the molecule is COc1ccc(NC(=O)C2=C(C)Nc3ncnn3C2c2ccc(OCc3c(Cl)cccc3Cl)cc2)c(OC)c1. The second kappa shape index (κ2) is 11.3. The summed E-state index contributed by atoms with van der Waals surface area (Å²) in [6, 6.07) is 17.4. The van der Waals surface area contributed by atoms with Crippen LogP contribution in [-0.4, -0.2) is 34.9 Å². The van der Waals surface area contributed by atoms with E-state index in [1.165, 1.54) is 13.4 Å². The lowest BCUT2D eigenvalue weighted by Gasteiger charge is -2.29. The molecule has 1 amide bonds. The Labute approximate surface area is 235 Å². The van der Waals surface area contributed by atoms with Crippen molar-refractivity contribution in [3.63, 3.8) is 0 Å². The summed E-state index contributed by atoms with van der Waals surface area (Å²) in [4.78, 5) is 18.0. The molecule has 0 saturated heterocycles. The number of halogens is 2. The maximum Gasteiger partial charge on any atom is 0.255 e. The van der Waals surface area contributed by atoms with E-state index in [1.54, 1.807) is 48.2 Å². The number of rotatable bonds is 8. The summed E-state index contributed by atoms with van der Waals surface area (Å²) >= 11 is 12.5. The summed E-state index contributed by atoms with van der Waals surface area (Å²) in [6.07, 6.45) is 1.45. The molecule has 0 saturated carbocycles. The van der Waals surface area contributed by atoms with Crippen LogP contribution in [0.5, 0.6) is 17.2 Å². The number of allylic oxidation sites excluding steroid dienone is 1. The third-order valence-electron chi connectivity index (χ3n) is 6.34. The first-order valence-electron chi connectivity index (χ1n) is 12.0. The van der Waals surface area contributed by atoms with Gasteiger partial charge in [0.05, 0.1) is 25.5 Å². The van der Waals surface area contributed by atoms with Gasteiger partial charge in [-0.25, -0.2) is 4.68 Å². The summed E-state index contributed by atoms with van der Waals surface area (Å²) in [5.41, 5.74) is 3.16. The van der Waals surface area contributed by atoms with Gasteiger partial charge in [-0.15, -0.1) is 0 Å². The first-order valence-corrected chi connectivity index (χ1v) is 12.7. The number of aromatic nitrogens is 3. The molecule has 9 nitrogen and oxygen atoms in total. The molecule has 1 aliphatic heterocycles. The van der Waals surface area contributed by atoms with Crippen LogP contribution in [0.3, 0.4) is 0 Å². The lowest BCUT2D eigenvalue weighted by atomic mass is 9.95. The highest BCUT2D eigenvalue weighted by molar-refractivity contribution is 6.35. The average molecular weight is 566 g/mol. The fraction of sp³-hybridized carbons (Fsp3) is 0.179. The van der Waals surface area contributed by atoms with Crippen molar-refractivity contribution in [2.75, 3.05) is 24.9 Å². The Bertz CT molecular complexity index is 1530. The molecule has 0 aliphatic carbocycles. The van der Waals surface area contributed by atoms with E-state index in [-0.39, 0.29) is 12.5 Å². The van der Waals surface area contributed by atoms with Crippen LogP contribution in [0.25, 0.3) is 0 Å². The van der Waals surface area contributed by atoms with Gasteiger partial charge >= 0.3 is 0 Å². The van der Waals surface area contributed by atoms with Crippen molar-refractivity contribution in [3.8, 4) is 17.2 Å². The van der Waals surface area contributed by atoms with E-state index in [1.807, 2.05) is 31.2 Å². The third kappa shape index (κ3) is 5.36. The number of anilines is 2. The molecule has 3 aromatic carbocycles. The van der Waals surface area contributed by atoms with Crippen LogP contribution in [0.1, 0.15) is 24.1 Å². The highest BCUT2D eigenvalue weighted by atomic mass is 35.5. The molecular weight excluding hydrogens is 541 g/mol. The first-order chi connectivity index (χ1) is 18.9. The van der Waals surface area contributed by atoms with Crippen molar-refractivity contribution in [1.82, 2.24) is 14.8 Å². The number of benzene rings is 3. The van der Waals surface area contributed by atoms with Gasteiger partial charge in [-0.2, -0.15) is 10.1 Å². The van der Waals surface area contributed by atoms with E-state index >= 15 is 0 Å². The molecule has 1 unspecified atom stereocenters. The fourth-order valence-corrected chi connectivity index (χ4v) is 4.86. The van der Waals surface area contributed by atoms with Gasteiger partial charge in [-0.1, -0.05) is 41.4 Å². The lowest BCUT2D eigenvalue weighted by molar-refractivity contribution is -0.113. The number of carbonyl (C=O) groups is 1. The summed E-state index contributed by atoms with van der Waals surface area (Å²) in [5.74, 6) is 1.93. The summed E-state index contributed by atoms with van der Waals surface area (Å²) in [7, 11) is 3.10. The highest BCUT2D eigenvalue weighted by Crippen LogP contribution is 2.37. The van der Waals surface area contributed by atoms with E-state index < -0.39 is 6.04 Å². The molecule has 39 heavy (non-hydrogen) atoms. The minimum absolute atomic E-state index is 0.217. The van der Waals surface area contributed by atoms with E-state index in [0.717, 1.165) is 5.56 Å². The van der Waals surface area contributed by atoms with Crippen molar-refractivity contribution in [1.29, 1.82) is 0 Å². The van der Waals surface area contributed by atoms with Gasteiger partial charge < -0.3 is 24.8 Å². The molecule has 2 N–H and O–H groups in total. The molecule has 1 aromatic heterocycles. The summed E-state index contributed by atoms with van der Waals surface area (Å²) < 4.78 is 18.3. The van der Waals surface area contributed by atoms with Crippen molar-refractivity contribution < 1.29 is 19.0 Å². The number of carbonyl (C=O) groups excluding carboxylic acids is 1. The topological polar surface area (TPSA) is 99.5 Å². The van der Waals surface area contributed by atoms with Crippen LogP contribution in [0.4, 0.5) is 11.6 Å². The van der Waals surface area contributed by atoms with Gasteiger partial charge in [-0.05, 0) is 48.9 Å². The van der Waals surface area contributed by atoms with Crippen molar-refractivity contribution in [2.24, 2.45) is 0 Å². The zero-order valence-electron chi connectivity index (χ0n) is 21.4. The molecule has 0 radical (unpaired) electrons.